The van der Waals surface area contributed by atoms with E-state index in [1.165, 1.54) is 0 Å². The average Bonchev–Trinajstić information content (AvgIpc) is 2.52. The van der Waals surface area contributed by atoms with E-state index < -0.39 is 0 Å². The first-order chi connectivity index (χ1) is 10.6. The van der Waals surface area contributed by atoms with Crippen LogP contribution in [0.5, 0.6) is 11.5 Å². The van der Waals surface area contributed by atoms with Gasteiger partial charge in [0.2, 0.25) is 0 Å². The van der Waals surface area contributed by atoms with Crippen LogP contribution >= 0.6 is 0 Å². The zero-order valence-electron chi connectivity index (χ0n) is 13.4. The van der Waals surface area contributed by atoms with Crippen molar-refractivity contribution in [2.45, 2.75) is 33.6 Å². The van der Waals surface area contributed by atoms with Crippen LogP contribution in [0.3, 0.4) is 0 Å². The summed E-state index contributed by atoms with van der Waals surface area (Å²) < 4.78 is 11.1. The highest BCUT2D eigenvalue weighted by Gasteiger charge is 2.12. The Morgan fingerprint density at radius 1 is 1.00 bits per heavy atom. The lowest BCUT2D eigenvalue weighted by Crippen LogP contribution is -2.10. The monoisotopic (exact) mass is 298 g/mol. The highest BCUT2D eigenvalue weighted by Crippen LogP contribution is 2.24. The van der Waals surface area contributed by atoms with Crippen molar-refractivity contribution < 1.29 is 14.3 Å². The predicted molar refractivity (Wildman–Crippen MR) is 87.7 cm³/mol. The van der Waals surface area contributed by atoms with Gasteiger partial charge < -0.3 is 9.47 Å². The summed E-state index contributed by atoms with van der Waals surface area (Å²) in [5.74, 6) is 1.06. The molecule has 0 bridgehead atoms. The van der Waals surface area contributed by atoms with E-state index in [-0.39, 0.29) is 5.97 Å². The van der Waals surface area contributed by atoms with E-state index in [4.69, 9.17) is 9.47 Å². The molecule has 0 fully saturated rings. The van der Waals surface area contributed by atoms with Gasteiger partial charge in [-0.05, 0) is 55.7 Å². The lowest BCUT2D eigenvalue weighted by Gasteiger charge is -2.10. The number of hydrogen-bond acceptors (Lipinski definition) is 3. The predicted octanol–water partition coefficient (Wildman–Crippen LogP) is 4.70. The van der Waals surface area contributed by atoms with Crippen molar-refractivity contribution in [2.75, 3.05) is 6.61 Å². The standard InChI is InChI=1S/C19H22O3/c1-4-5-13-21-17-11-9-16(10-12-17)19(20)22-18-14(2)7-6-8-15(18)3/h6-12H,4-5,13H2,1-3H3. The van der Waals surface area contributed by atoms with Gasteiger partial charge >= 0.3 is 5.97 Å². The Morgan fingerprint density at radius 2 is 1.64 bits per heavy atom. The Balaban J connectivity index is 2.04. The zero-order valence-corrected chi connectivity index (χ0v) is 13.4. The second-order valence-electron chi connectivity index (χ2n) is 5.34. The third-order valence-corrected chi connectivity index (χ3v) is 3.46. The summed E-state index contributed by atoms with van der Waals surface area (Å²) in [5, 5.41) is 0. The Hall–Kier alpha value is -2.29. The molecule has 0 heterocycles. The molecule has 0 aliphatic carbocycles. The molecule has 0 atom stereocenters. The first-order valence-electron chi connectivity index (χ1n) is 7.63. The van der Waals surface area contributed by atoms with Crippen LogP contribution in [0.4, 0.5) is 0 Å². The van der Waals surface area contributed by atoms with Crippen molar-refractivity contribution >= 4 is 5.97 Å². The number of ether oxygens (including phenoxy) is 2. The van der Waals surface area contributed by atoms with Gasteiger partial charge in [0.25, 0.3) is 0 Å². The fraction of sp³-hybridized carbons (Fsp3) is 0.316. The first-order valence-corrected chi connectivity index (χ1v) is 7.63. The van der Waals surface area contributed by atoms with Crippen molar-refractivity contribution in [2.24, 2.45) is 0 Å². The number of unbranched alkanes of at least 4 members (excludes halogenated alkanes) is 1. The third kappa shape index (κ3) is 4.10. The maximum atomic E-state index is 12.2. The smallest absolute Gasteiger partial charge is 0.343 e. The summed E-state index contributed by atoms with van der Waals surface area (Å²) in [6, 6.07) is 12.9. The number of esters is 1. The molecule has 0 N–H and O–H groups in total. The minimum absolute atomic E-state index is 0.350. The van der Waals surface area contributed by atoms with Crippen LogP contribution in [0, 0.1) is 13.8 Å². The van der Waals surface area contributed by atoms with Crippen LogP contribution in [0.15, 0.2) is 42.5 Å². The highest BCUT2D eigenvalue weighted by molar-refractivity contribution is 5.91. The maximum absolute atomic E-state index is 12.2. The lowest BCUT2D eigenvalue weighted by molar-refractivity contribution is 0.0732. The van der Waals surface area contributed by atoms with E-state index in [0.717, 1.165) is 29.7 Å². The molecule has 0 radical (unpaired) electrons. The van der Waals surface area contributed by atoms with Crippen molar-refractivity contribution in [3.63, 3.8) is 0 Å². The molecule has 2 aromatic rings. The summed E-state index contributed by atoms with van der Waals surface area (Å²) in [4.78, 5) is 12.2. The number of benzene rings is 2. The lowest BCUT2D eigenvalue weighted by atomic mass is 10.1. The quantitative estimate of drug-likeness (QED) is 0.440. The number of carbonyl (C=O) groups excluding carboxylic acids is 1. The summed E-state index contributed by atoms with van der Waals surface area (Å²) in [7, 11) is 0. The molecule has 0 saturated carbocycles. The van der Waals surface area contributed by atoms with Crippen LogP contribution < -0.4 is 9.47 Å². The normalized spacial score (nSPS) is 10.3. The van der Waals surface area contributed by atoms with E-state index in [1.807, 2.05) is 32.0 Å². The van der Waals surface area contributed by atoms with E-state index >= 15 is 0 Å². The molecular formula is C19H22O3. The number of aryl methyl sites for hydroxylation is 2. The van der Waals surface area contributed by atoms with Crippen molar-refractivity contribution in [3.05, 3.63) is 59.2 Å². The van der Waals surface area contributed by atoms with Gasteiger partial charge in [0.15, 0.2) is 0 Å². The number of hydrogen-bond donors (Lipinski definition) is 0. The minimum atomic E-state index is -0.350. The van der Waals surface area contributed by atoms with Crippen molar-refractivity contribution in [3.8, 4) is 11.5 Å². The molecule has 22 heavy (non-hydrogen) atoms. The van der Waals surface area contributed by atoms with Gasteiger partial charge in [0.05, 0.1) is 12.2 Å². The fourth-order valence-electron chi connectivity index (χ4n) is 2.13. The van der Waals surface area contributed by atoms with Crippen LogP contribution in [-0.4, -0.2) is 12.6 Å². The van der Waals surface area contributed by atoms with Gasteiger partial charge in [-0.15, -0.1) is 0 Å². The zero-order chi connectivity index (χ0) is 15.9. The fourth-order valence-corrected chi connectivity index (χ4v) is 2.13. The van der Waals surface area contributed by atoms with Crippen LogP contribution in [0.25, 0.3) is 0 Å². The molecule has 2 aromatic carbocycles. The van der Waals surface area contributed by atoms with Crippen LogP contribution in [0.1, 0.15) is 41.3 Å². The second-order valence-corrected chi connectivity index (χ2v) is 5.34. The Morgan fingerprint density at radius 3 is 2.23 bits per heavy atom. The largest absolute Gasteiger partial charge is 0.494 e. The Kier molecular flexibility index (Phi) is 5.59. The van der Waals surface area contributed by atoms with Gasteiger partial charge in [-0.1, -0.05) is 31.5 Å². The van der Waals surface area contributed by atoms with Gasteiger partial charge in [-0.25, -0.2) is 4.79 Å². The third-order valence-electron chi connectivity index (χ3n) is 3.46. The maximum Gasteiger partial charge on any atom is 0.343 e. The first kappa shape index (κ1) is 16.1. The van der Waals surface area contributed by atoms with Gasteiger partial charge in [-0.2, -0.15) is 0 Å². The summed E-state index contributed by atoms with van der Waals surface area (Å²) in [6.45, 7) is 6.68. The number of rotatable bonds is 6. The Labute approximate surface area is 131 Å². The van der Waals surface area contributed by atoms with Gasteiger partial charge in [-0.3, -0.25) is 0 Å². The molecule has 0 aliphatic rings. The van der Waals surface area contributed by atoms with Crippen molar-refractivity contribution in [1.29, 1.82) is 0 Å². The molecule has 0 unspecified atom stereocenters. The molecule has 3 nitrogen and oxygen atoms in total. The number of carbonyl (C=O) groups is 1. The van der Waals surface area contributed by atoms with Crippen LogP contribution in [-0.2, 0) is 0 Å². The molecule has 0 aliphatic heterocycles. The molecule has 3 heteroatoms. The topological polar surface area (TPSA) is 35.5 Å². The van der Waals surface area contributed by atoms with Gasteiger partial charge in [0.1, 0.15) is 11.5 Å². The van der Waals surface area contributed by atoms with E-state index in [0.29, 0.717) is 17.9 Å². The van der Waals surface area contributed by atoms with Gasteiger partial charge in [0, 0.05) is 0 Å². The summed E-state index contributed by atoms with van der Waals surface area (Å²) >= 11 is 0. The summed E-state index contributed by atoms with van der Waals surface area (Å²) in [5.41, 5.74) is 2.42. The van der Waals surface area contributed by atoms with E-state index in [1.54, 1.807) is 24.3 Å². The molecule has 116 valence electrons. The molecule has 0 spiro atoms. The minimum Gasteiger partial charge on any atom is -0.494 e. The molecule has 0 saturated heterocycles. The molecule has 2 rings (SSSR count). The highest BCUT2D eigenvalue weighted by atomic mass is 16.5. The average molecular weight is 298 g/mol. The summed E-state index contributed by atoms with van der Waals surface area (Å²) in [6.07, 6.45) is 2.12. The van der Waals surface area contributed by atoms with Crippen LogP contribution in [0.2, 0.25) is 0 Å². The number of para-hydroxylation sites is 1. The second kappa shape index (κ2) is 7.64. The molecular weight excluding hydrogens is 276 g/mol. The van der Waals surface area contributed by atoms with Crippen molar-refractivity contribution in [1.82, 2.24) is 0 Å². The van der Waals surface area contributed by atoms with E-state index in [9.17, 15) is 4.79 Å². The van der Waals surface area contributed by atoms with E-state index in [2.05, 4.69) is 6.92 Å². The Bertz CT molecular complexity index is 609. The molecule has 0 aromatic heterocycles. The molecule has 0 amide bonds. The SMILES string of the molecule is CCCCOc1ccc(C(=O)Oc2c(C)cccc2C)cc1.